The van der Waals surface area contributed by atoms with Crippen LogP contribution in [0.3, 0.4) is 0 Å². The molecule has 0 aromatic heterocycles. The van der Waals surface area contributed by atoms with Crippen molar-refractivity contribution in [2.45, 2.75) is 57.6 Å². The zero-order valence-electron chi connectivity index (χ0n) is 13.9. The molecule has 5 nitrogen and oxygen atoms in total. The molecule has 124 valence electrons. The molecule has 0 saturated carbocycles. The second-order valence-corrected chi connectivity index (χ2v) is 7.54. The van der Waals surface area contributed by atoms with Crippen LogP contribution in [0.5, 0.6) is 11.5 Å². The third-order valence-corrected chi connectivity index (χ3v) is 4.94. The topological polar surface area (TPSA) is 48.0 Å². The summed E-state index contributed by atoms with van der Waals surface area (Å²) in [6, 6.07) is 4.38. The van der Waals surface area contributed by atoms with Crippen molar-refractivity contribution in [2.75, 3.05) is 13.3 Å². The Kier molecular flexibility index (Phi) is 3.22. The maximum atomic E-state index is 12.5. The molecule has 1 aromatic rings. The summed E-state index contributed by atoms with van der Waals surface area (Å²) in [4.78, 5) is 14.4. The van der Waals surface area contributed by atoms with Crippen molar-refractivity contribution >= 4 is 6.09 Å². The minimum atomic E-state index is -0.451. The maximum Gasteiger partial charge on any atom is 0.410 e. The Morgan fingerprint density at radius 2 is 2.09 bits per heavy atom. The van der Waals surface area contributed by atoms with Gasteiger partial charge in [-0.15, -0.1) is 0 Å². The van der Waals surface area contributed by atoms with Gasteiger partial charge in [0.05, 0.1) is 0 Å². The van der Waals surface area contributed by atoms with Crippen LogP contribution in [-0.2, 0) is 11.2 Å². The Hall–Kier alpha value is -1.91. The molecule has 4 rings (SSSR count). The van der Waals surface area contributed by atoms with Gasteiger partial charge in [-0.2, -0.15) is 0 Å². The number of hydrogen-bond acceptors (Lipinski definition) is 4. The summed E-state index contributed by atoms with van der Waals surface area (Å²) in [6.07, 6.45) is 2.67. The number of carbonyl (C=O) groups excluding carboxylic acids is 1. The third kappa shape index (κ3) is 2.42. The summed E-state index contributed by atoms with van der Waals surface area (Å²) < 4.78 is 16.7. The minimum absolute atomic E-state index is 0.186. The quantitative estimate of drug-likeness (QED) is 0.735. The molecule has 1 aliphatic carbocycles. The van der Waals surface area contributed by atoms with Crippen LogP contribution in [-0.4, -0.2) is 36.0 Å². The van der Waals surface area contributed by atoms with Crippen LogP contribution in [0.1, 0.15) is 50.7 Å². The van der Waals surface area contributed by atoms with Gasteiger partial charge in [-0.3, -0.25) is 0 Å². The standard InChI is InChI=1S/C18H23NO4/c1-18(2,3)23-17(20)19-9-8-12-11-5-7-15-16(22-10-21-15)13(11)4-6-14(12)19/h5,7,12,14H,4,6,8-10H2,1-3H3/t12?,14-/m1/s1. The third-order valence-electron chi connectivity index (χ3n) is 4.94. The van der Waals surface area contributed by atoms with Gasteiger partial charge in [-0.1, -0.05) is 6.07 Å². The summed E-state index contributed by atoms with van der Waals surface area (Å²) in [7, 11) is 0. The molecule has 2 atom stereocenters. The average Bonchev–Trinajstić information content (AvgIpc) is 3.11. The summed E-state index contributed by atoms with van der Waals surface area (Å²) in [5.74, 6) is 2.14. The van der Waals surface area contributed by atoms with Gasteiger partial charge in [0.25, 0.3) is 0 Å². The van der Waals surface area contributed by atoms with Crippen LogP contribution in [0, 0.1) is 0 Å². The maximum absolute atomic E-state index is 12.5. The van der Waals surface area contributed by atoms with Gasteiger partial charge in [-0.05, 0) is 51.7 Å². The number of amides is 1. The van der Waals surface area contributed by atoms with E-state index in [9.17, 15) is 4.79 Å². The lowest BCUT2D eigenvalue weighted by atomic mass is 9.79. The van der Waals surface area contributed by atoms with Crippen LogP contribution in [0.2, 0.25) is 0 Å². The highest BCUT2D eigenvalue weighted by atomic mass is 16.7. The fraction of sp³-hybridized carbons (Fsp3) is 0.611. The normalized spacial score (nSPS) is 25.1. The van der Waals surface area contributed by atoms with Crippen LogP contribution in [0.25, 0.3) is 0 Å². The monoisotopic (exact) mass is 317 g/mol. The number of hydrogen-bond donors (Lipinski definition) is 0. The second-order valence-electron chi connectivity index (χ2n) is 7.54. The largest absolute Gasteiger partial charge is 0.454 e. The van der Waals surface area contributed by atoms with E-state index in [1.165, 1.54) is 11.1 Å². The number of ether oxygens (including phenoxy) is 3. The molecular weight excluding hydrogens is 294 g/mol. The molecule has 23 heavy (non-hydrogen) atoms. The lowest BCUT2D eigenvalue weighted by Gasteiger charge is -2.34. The summed E-state index contributed by atoms with van der Waals surface area (Å²) >= 11 is 0. The Labute approximate surface area is 136 Å². The fourth-order valence-corrected chi connectivity index (χ4v) is 4.06. The molecule has 3 aliphatic rings. The van der Waals surface area contributed by atoms with E-state index >= 15 is 0 Å². The van der Waals surface area contributed by atoms with Gasteiger partial charge in [0.15, 0.2) is 11.5 Å². The molecule has 0 bridgehead atoms. The van der Waals surface area contributed by atoms with Gasteiger partial charge in [0, 0.05) is 24.1 Å². The number of fused-ring (bicyclic) bond motifs is 5. The highest BCUT2D eigenvalue weighted by molar-refractivity contribution is 5.70. The van der Waals surface area contributed by atoms with E-state index < -0.39 is 5.60 Å². The Morgan fingerprint density at radius 3 is 2.87 bits per heavy atom. The lowest BCUT2D eigenvalue weighted by molar-refractivity contribution is 0.0210. The SMILES string of the molecule is CC(C)(C)OC(=O)N1CCC2c3ccc4c(c3CC[C@H]21)OCO4. The molecule has 1 unspecified atom stereocenters. The van der Waals surface area contributed by atoms with Gasteiger partial charge >= 0.3 is 6.09 Å². The van der Waals surface area contributed by atoms with E-state index in [1.54, 1.807) is 0 Å². The molecule has 0 radical (unpaired) electrons. The molecule has 0 spiro atoms. The zero-order valence-corrected chi connectivity index (χ0v) is 13.9. The van der Waals surface area contributed by atoms with Gasteiger partial charge < -0.3 is 19.1 Å². The smallest absolute Gasteiger partial charge is 0.410 e. The van der Waals surface area contributed by atoms with E-state index in [1.807, 2.05) is 31.7 Å². The van der Waals surface area contributed by atoms with Crippen molar-refractivity contribution in [3.63, 3.8) is 0 Å². The zero-order chi connectivity index (χ0) is 16.2. The number of nitrogens with zero attached hydrogens (tertiary/aromatic N) is 1. The van der Waals surface area contributed by atoms with E-state index in [2.05, 4.69) is 6.07 Å². The van der Waals surface area contributed by atoms with E-state index in [0.29, 0.717) is 12.7 Å². The minimum Gasteiger partial charge on any atom is -0.454 e. The average molecular weight is 317 g/mol. The van der Waals surface area contributed by atoms with Crippen LogP contribution >= 0.6 is 0 Å². The van der Waals surface area contributed by atoms with Crippen LogP contribution in [0.4, 0.5) is 4.79 Å². The molecule has 1 saturated heterocycles. The highest BCUT2D eigenvalue weighted by Crippen LogP contribution is 2.48. The van der Waals surface area contributed by atoms with E-state index in [-0.39, 0.29) is 12.1 Å². The molecule has 5 heteroatoms. The second kappa shape index (κ2) is 5.05. The first-order valence-electron chi connectivity index (χ1n) is 8.35. The molecule has 1 fully saturated rings. The molecule has 2 aliphatic heterocycles. The lowest BCUT2D eigenvalue weighted by Crippen LogP contribution is -2.42. The van der Waals surface area contributed by atoms with Gasteiger partial charge in [-0.25, -0.2) is 4.79 Å². The molecule has 1 amide bonds. The predicted octanol–water partition coefficient (Wildman–Crippen LogP) is 3.45. The molecule has 0 N–H and O–H groups in total. The Balaban J connectivity index is 1.60. The highest BCUT2D eigenvalue weighted by Gasteiger charge is 2.43. The van der Waals surface area contributed by atoms with Crippen LogP contribution < -0.4 is 9.47 Å². The van der Waals surface area contributed by atoms with Crippen molar-refractivity contribution in [1.29, 1.82) is 0 Å². The summed E-state index contributed by atoms with van der Waals surface area (Å²) in [5.41, 5.74) is 2.14. The van der Waals surface area contributed by atoms with Gasteiger partial charge in [0.2, 0.25) is 6.79 Å². The fourth-order valence-electron chi connectivity index (χ4n) is 4.06. The van der Waals surface area contributed by atoms with Gasteiger partial charge in [0.1, 0.15) is 5.60 Å². The van der Waals surface area contributed by atoms with Crippen molar-refractivity contribution in [3.05, 3.63) is 23.3 Å². The van der Waals surface area contributed by atoms with Crippen molar-refractivity contribution < 1.29 is 19.0 Å². The number of rotatable bonds is 0. The first kappa shape index (κ1) is 14.7. The summed E-state index contributed by atoms with van der Waals surface area (Å²) in [5, 5.41) is 0. The molecule has 1 aromatic carbocycles. The number of benzene rings is 1. The number of carbonyl (C=O) groups is 1. The Bertz CT molecular complexity index is 649. The van der Waals surface area contributed by atoms with E-state index in [0.717, 1.165) is 37.3 Å². The van der Waals surface area contributed by atoms with Crippen LogP contribution in [0.15, 0.2) is 12.1 Å². The van der Waals surface area contributed by atoms with Crippen molar-refractivity contribution in [3.8, 4) is 11.5 Å². The molecular formula is C18H23NO4. The Morgan fingerprint density at radius 1 is 1.26 bits per heavy atom. The molecule has 2 heterocycles. The summed E-state index contributed by atoms with van der Waals surface area (Å²) in [6.45, 7) is 6.81. The number of likely N-dealkylation sites (tertiary alicyclic amines) is 1. The first-order chi connectivity index (χ1) is 10.9. The first-order valence-corrected chi connectivity index (χ1v) is 8.35. The van der Waals surface area contributed by atoms with Crippen molar-refractivity contribution in [1.82, 2.24) is 4.90 Å². The van der Waals surface area contributed by atoms with Crippen molar-refractivity contribution in [2.24, 2.45) is 0 Å². The predicted molar refractivity (Wildman–Crippen MR) is 85.0 cm³/mol. The van der Waals surface area contributed by atoms with E-state index in [4.69, 9.17) is 14.2 Å².